The molecular formula is C16H22N4O2. The monoisotopic (exact) mass is 302 g/mol. The van der Waals surface area contributed by atoms with E-state index < -0.39 is 0 Å². The van der Waals surface area contributed by atoms with E-state index in [-0.39, 0.29) is 12.1 Å². The molecule has 3 heterocycles. The Bertz CT molecular complexity index is 644. The summed E-state index contributed by atoms with van der Waals surface area (Å²) in [7, 11) is 0. The van der Waals surface area contributed by atoms with Crippen LogP contribution in [0.2, 0.25) is 0 Å². The zero-order valence-electron chi connectivity index (χ0n) is 13.1. The molecule has 0 bridgehead atoms. The molecule has 3 rings (SSSR count). The van der Waals surface area contributed by atoms with Crippen LogP contribution in [0.4, 0.5) is 0 Å². The van der Waals surface area contributed by atoms with Crippen molar-refractivity contribution in [1.29, 1.82) is 0 Å². The van der Waals surface area contributed by atoms with Gasteiger partial charge in [0, 0.05) is 12.1 Å². The van der Waals surface area contributed by atoms with Crippen molar-refractivity contribution >= 4 is 11.6 Å². The molecule has 2 aromatic rings. The standard InChI is InChI=1S/C16H22N4O2/c1-12(2)22-15(21)11-19-9-6-13(7-10-19)16-18-17-14-5-3-4-8-20(14)16/h3-5,8,12-13H,6-7,9-11H2,1-2H3. The van der Waals surface area contributed by atoms with Crippen LogP contribution in [-0.4, -0.2) is 51.2 Å². The Hall–Kier alpha value is -1.95. The number of ether oxygens (including phenoxy) is 1. The molecule has 6 heteroatoms. The molecule has 0 spiro atoms. The minimum absolute atomic E-state index is 0.0487. The number of carbonyl (C=O) groups is 1. The first-order valence-corrected chi connectivity index (χ1v) is 7.85. The van der Waals surface area contributed by atoms with Crippen LogP contribution in [0, 0.1) is 0 Å². The van der Waals surface area contributed by atoms with Crippen LogP contribution < -0.4 is 0 Å². The molecule has 1 fully saturated rings. The van der Waals surface area contributed by atoms with Gasteiger partial charge in [-0.1, -0.05) is 6.07 Å². The van der Waals surface area contributed by atoms with E-state index in [9.17, 15) is 4.79 Å². The molecule has 22 heavy (non-hydrogen) atoms. The van der Waals surface area contributed by atoms with Gasteiger partial charge >= 0.3 is 5.97 Å². The molecule has 0 N–H and O–H groups in total. The van der Waals surface area contributed by atoms with Crippen molar-refractivity contribution in [2.24, 2.45) is 0 Å². The Morgan fingerprint density at radius 2 is 2.09 bits per heavy atom. The summed E-state index contributed by atoms with van der Waals surface area (Å²) in [6.45, 7) is 5.91. The molecule has 1 saturated heterocycles. The van der Waals surface area contributed by atoms with Gasteiger partial charge in [-0.15, -0.1) is 10.2 Å². The Morgan fingerprint density at radius 1 is 1.32 bits per heavy atom. The summed E-state index contributed by atoms with van der Waals surface area (Å²) >= 11 is 0. The summed E-state index contributed by atoms with van der Waals surface area (Å²) in [6, 6.07) is 5.93. The second-order valence-electron chi connectivity index (χ2n) is 6.08. The smallest absolute Gasteiger partial charge is 0.320 e. The predicted octanol–water partition coefficient (Wildman–Crippen LogP) is 1.86. The summed E-state index contributed by atoms with van der Waals surface area (Å²) < 4.78 is 7.27. The fourth-order valence-corrected chi connectivity index (χ4v) is 2.97. The lowest BCUT2D eigenvalue weighted by atomic mass is 9.96. The maximum Gasteiger partial charge on any atom is 0.320 e. The molecule has 2 aromatic heterocycles. The number of likely N-dealkylation sites (tertiary alicyclic amines) is 1. The molecule has 0 aromatic carbocycles. The molecule has 1 aliphatic rings. The number of pyridine rings is 1. The number of aromatic nitrogens is 3. The van der Waals surface area contributed by atoms with Crippen molar-refractivity contribution in [2.45, 2.75) is 38.7 Å². The van der Waals surface area contributed by atoms with Gasteiger partial charge in [-0.25, -0.2) is 0 Å². The lowest BCUT2D eigenvalue weighted by molar-refractivity contribution is -0.148. The highest BCUT2D eigenvalue weighted by Crippen LogP contribution is 2.26. The molecule has 0 atom stereocenters. The van der Waals surface area contributed by atoms with Gasteiger partial charge in [0.2, 0.25) is 0 Å². The van der Waals surface area contributed by atoms with Crippen LogP contribution >= 0.6 is 0 Å². The van der Waals surface area contributed by atoms with Crippen molar-refractivity contribution in [3.63, 3.8) is 0 Å². The van der Waals surface area contributed by atoms with E-state index in [1.807, 2.05) is 38.2 Å². The second-order valence-corrected chi connectivity index (χ2v) is 6.08. The minimum Gasteiger partial charge on any atom is -0.462 e. The van der Waals surface area contributed by atoms with E-state index in [0.717, 1.165) is 37.4 Å². The van der Waals surface area contributed by atoms with Crippen LogP contribution in [0.25, 0.3) is 5.65 Å². The molecule has 6 nitrogen and oxygen atoms in total. The SMILES string of the molecule is CC(C)OC(=O)CN1CCC(c2nnc3ccccn23)CC1. The van der Waals surface area contributed by atoms with E-state index in [0.29, 0.717) is 12.5 Å². The van der Waals surface area contributed by atoms with E-state index in [2.05, 4.69) is 19.5 Å². The van der Waals surface area contributed by atoms with Gasteiger partial charge in [0.25, 0.3) is 0 Å². The summed E-state index contributed by atoms with van der Waals surface area (Å²) in [5.41, 5.74) is 0.889. The van der Waals surface area contributed by atoms with Crippen molar-refractivity contribution in [3.05, 3.63) is 30.2 Å². The lowest BCUT2D eigenvalue weighted by Gasteiger charge is -2.30. The number of hydrogen-bond acceptors (Lipinski definition) is 5. The highest BCUT2D eigenvalue weighted by molar-refractivity contribution is 5.71. The summed E-state index contributed by atoms with van der Waals surface area (Å²) in [5, 5.41) is 8.57. The Kier molecular flexibility index (Phi) is 4.38. The molecule has 0 saturated carbocycles. The van der Waals surface area contributed by atoms with Gasteiger partial charge in [-0.2, -0.15) is 0 Å². The largest absolute Gasteiger partial charge is 0.462 e. The van der Waals surface area contributed by atoms with Crippen LogP contribution in [0.3, 0.4) is 0 Å². The third-order valence-electron chi connectivity index (χ3n) is 4.01. The van der Waals surface area contributed by atoms with E-state index >= 15 is 0 Å². The Labute approximate surface area is 130 Å². The number of nitrogens with zero attached hydrogens (tertiary/aromatic N) is 4. The first kappa shape index (κ1) is 15.0. The van der Waals surface area contributed by atoms with Crippen molar-refractivity contribution < 1.29 is 9.53 Å². The van der Waals surface area contributed by atoms with E-state index in [1.165, 1.54) is 0 Å². The zero-order chi connectivity index (χ0) is 15.5. The van der Waals surface area contributed by atoms with E-state index in [1.54, 1.807) is 0 Å². The third-order valence-corrected chi connectivity index (χ3v) is 4.01. The maximum atomic E-state index is 11.7. The summed E-state index contributed by atoms with van der Waals surface area (Å²) in [4.78, 5) is 13.9. The Morgan fingerprint density at radius 3 is 2.82 bits per heavy atom. The van der Waals surface area contributed by atoms with Gasteiger partial charge in [-0.05, 0) is 51.9 Å². The number of hydrogen-bond donors (Lipinski definition) is 0. The molecule has 1 aliphatic heterocycles. The summed E-state index contributed by atoms with van der Waals surface area (Å²) in [5.74, 6) is 1.29. The number of carbonyl (C=O) groups excluding carboxylic acids is 1. The number of esters is 1. The first-order valence-electron chi connectivity index (χ1n) is 7.85. The van der Waals surface area contributed by atoms with Crippen LogP contribution in [-0.2, 0) is 9.53 Å². The number of fused-ring (bicyclic) bond motifs is 1. The molecule has 0 aliphatic carbocycles. The minimum atomic E-state index is -0.138. The first-order chi connectivity index (χ1) is 10.6. The normalized spacial score (nSPS) is 17.2. The van der Waals surface area contributed by atoms with Gasteiger partial charge in [0.05, 0.1) is 12.6 Å². The summed E-state index contributed by atoms with van der Waals surface area (Å²) in [6.07, 6.45) is 3.94. The highest BCUT2D eigenvalue weighted by Gasteiger charge is 2.25. The quantitative estimate of drug-likeness (QED) is 0.807. The van der Waals surface area contributed by atoms with Gasteiger partial charge in [0.15, 0.2) is 5.65 Å². The Balaban J connectivity index is 1.59. The predicted molar refractivity (Wildman–Crippen MR) is 82.6 cm³/mol. The third kappa shape index (κ3) is 3.27. The van der Waals surface area contributed by atoms with Crippen LogP contribution in [0.1, 0.15) is 38.4 Å². The second kappa shape index (κ2) is 6.44. The van der Waals surface area contributed by atoms with E-state index in [4.69, 9.17) is 4.74 Å². The van der Waals surface area contributed by atoms with Gasteiger partial charge in [-0.3, -0.25) is 14.1 Å². The fraction of sp³-hybridized carbons (Fsp3) is 0.562. The maximum absolute atomic E-state index is 11.7. The van der Waals surface area contributed by atoms with Crippen LogP contribution in [0.15, 0.2) is 24.4 Å². The average molecular weight is 302 g/mol. The van der Waals surface area contributed by atoms with Gasteiger partial charge < -0.3 is 4.74 Å². The van der Waals surface area contributed by atoms with Crippen molar-refractivity contribution in [2.75, 3.05) is 19.6 Å². The molecular weight excluding hydrogens is 280 g/mol. The van der Waals surface area contributed by atoms with Crippen LogP contribution in [0.5, 0.6) is 0 Å². The topological polar surface area (TPSA) is 59.7 Å². The van der Waals surface area contributed by atoms with Crippen molar-refractivity contribution in [3.8, 4) is 0 Å². The van der Waals surface area contributed by atoms with Gasteiger partial charge in [0.1, 0.15) is 5.82 Å². The number of piperidine rings is 1. The molecule has 0 amide bonds. The average Bonchev–Trinajstić information content (AvgIpc) is 2.91. The molecule has 118 valence electrons. The zero-order valence-corrected chi connectivity index (χ0v) is 13.1. The highest BCUT2D eigenvalue weighted by atomic mass is 16.5. The lowest BCUT2D eigenvalue weighted by Crippen LogP contribution is -2.38. The molecule has 0 unspecified atom stereocenters. The van der Waals surface area contributed by atoms with Crippen molar-refractivity contribution in [1.82, 2.24) is 19.5 Å². The fourth-order valence-electron chi connectivity index (χ4n) is 2.97. The molecule has 0 radical (unpaired) electrons. The number of rotatable bonds is 4.